The van der Waals surface area contributed by atoms with E-state index in [4.69, 9.17) is 4.74 Å². The van der Waals surface area contributed by atoms with E-state index < -0.39 is 11.7 Å². The Kier molecular flexibility index (Phi) is 6.81. The van der Waals surface area contributed by atoms with Crippen LogP contribution in [-0.4, -0.2) is 24.3 Å². The third kappa shape index (κ3) is 7.41. The normalized spacial score (nSPS) is 13.0. The molecule has 5 heteroatoms. The average Bonchev–Trinajstić information content (AvgIpc) is 2.38. The van der Waals surface area contributed by atoms with Gasteiger partial charge in [-0.05, 0) is 44.4 Å². The molecule has 1 amide bonds. The first-order valence-corrected chi connectivity index (χ1v) is 7.62. The van der Waals surface area contributed by atoms with Gasteiger partial charge in [-0.25, -0.2) is 9.18 Å². The van der Waals surface area contributed by atoms with Gasteiger partial charge in [0.1, 0.15) is 11.4 Å². The molecule has 1 aromatic carbocycles. The topological polar surface area (TPSA) is 50.4 Å². The lowest BCUT2D eigenvalue weighted by Crippen LogP contribution is -2.45. The van der Waals surface area contributed by atoms with E-state index in [1.165, 1.54) is 12.1 Å². The summed E-state index contributed by atoms with van der Waals surface area (Å²) in [5, 5.41) is 6.16. The third-order valence-corrected chi connectivity index (χ3v) is 3.15. The molecule has 22 heavy (non-hydrogen) atoms. The van der Waals surface area contributed by atoms with E-state index in [9.17, 15) is 9.18 Å². The van der Waals surface area contributed by atoms with Crippen molar-refractivity contribution in [2.75, 3.05) is 6.54 Å². The van der Waals surface area contributed by atoms with Crippen LogP contribution in [0.1, 0.15) is 40.2 Å². The summed E-state index contributed by atoms with van der Waals surface area (Å²) in [5.41, 5.74) is 0.503. The van der Waals surface area contributed by atoms with Crippen molar-refractivity contribution in [1.82, 2.24) is 10.6 Å². The molecular formula is C17H27FN2O2. The number of carbonyl (C=O) groups is 1. The summed E-state index contributed by atoms with van der Waals surface area (Å²) in [6.45, 7) is 10.8. The van der Waals surface area contributed by atoms with Crippen LogP contribution in [0.2, 0.25) is 0 Å². The summed E-state index contributed by atoms with van der Waals surface area (Å²) in [6, 6.07) is 6.50. The molecule has 0 saturated heterocycles. The molecule has 1 unspecified atom stereocenters. The second kappa shape index (κ2) is 8.13. The van der Waals surface area contributed by atoms with Gasteiger partial charge in [0.05, 0.1) is 0 Å². The number of hydrogen-bond donors (Lipinski definition) is 2. The predicted molar refractivity (Wildman–Crippen MR) is 86.1 cm³/mol. The molecule has 1 atom stereocenters. The summed E-state index contributed by atoms with van der Waals surface area (Å²) in [7, 11) is 0. The molecule has 4 nitrogen and oxygen atoms in total. The highest BCUT2D eigenvalue weighted by atomic mass is 19.1. The van der Waals surface area contributed by atoms with Crippen LogP contribution in [0.4, 0.5) is 9.18 Å². The summed E-state index contributed by atoms with van der Waals surface area (Å²) in [4.78, 5) is 11.7. The Bertz CT molecular complexity index is 467. The van der Waals surface area contributed by atoms with Crippen molar-refractivity contribution in [2.24, 2.45) is 5.92 Å². The first-order chi connectivity index (χ1) is 10.2. The van der Waals surface area contributed by atoms with Gasteiger partial charge in [0.15, 0.2) is 0 Å². The van der Waals surface area contributed by atoms with Crippen LogP contribution in [0.5, 0.6) is 0 Å². The van der Waals surface area contributed by atoms with Gasteiger partial charge in [-0.3, -0.25) is 0 Å². The molecule has 0 aliphatic rings. The predicted octanol–water partition coefficient (Wildman–Crippen LogP) is 3.46. The molecule has 1 aromatic rings. The minimum Gasteiger partial charge on any atom is -0.444 e. The van der Waals surface area contributed by atoms with E-state index in [1.54, 1.807) is 12.1 Å². The molecule has 0 radical (unpaired) electrons. The molecule has 0 heterocycles. The quantitative estimate of drug-likeness (QED) is 0.846. The zero-order valence-corrected chi connectivity index (χ0v) is 14.1. The molecule has 0 bridgehead atoms. The molecule has 1 rings (SSSR count). The minimum atomic E-state index is -0.501. The van der Waals surface area contributed by atoms with Crippen molar-refractivity contribution in [1.29, 1.82) is 0 Å². The Hall–Kier alpha value is -1.62. The molecule has 0 spiro atoms. The van der Waals surface area contributed by atoms with E-state index in [0.717, 1.165) is 5.56 Å². The average molecular weight is 310 g/mol. The maximum absolute atomic E-state index is 12.9. The van der Waals surface area contributed by atoms with Gasteiger partial charge in [-0.2, -0.15) is 0 Å². The number of amides is 1. The first kappa shape index (κ1) is 18.4. The third-order valence-electron chi connectivity index (χ3n) is 3.15. The zero-order chi connectivity index (χ0) is 16.8. The van der Waals surface area contributed by atoms with Gasteiger partial charge >= 0.3 is 6.09 Å². The molecule has 0 saturated carbocycles. The van der Waals surface area contributed by atoms with Gasteiger partial charge in [-0.1, -0.05) is 26.0 Å². The van der Waals surface area contributed by atoms with Crippen molar-refractivity contribution < 1.29 is 13.9 Å². The van der Waals surface area contributed by atoms with Gasteiger partial charge in [-0.15, -0.1) is 0 Å². The highest BCUT2D eigenvalue weighted by Gasteiger charge is 2.18. The van der Waals surface area contributed by atoms with E-state index in [-0.39, 0.29) is 11.9 Å². The van der Waals surface area contributed by atoms with Crippen LogP contribution in [0.15, 0.2) is 24.3 Å². The second-order valence-electron chi connectivity index (χ2n) is 6.74. The Morgan fingerprint density at radius 1 is 1.23 bits per heavy atom. The highest BCUT2D eigenvalue weighted by Crippen LogP contribution is 2.08. The first-order valence-electron chi connectivity index (χ1n) is 7.62. The zero-order valence-electron chi connectivity index (χ0n) is 14.1. The lowest BCUT2D eigenvalue weighted by molar-refractivity contribution is 0.0519. The van der Waals surface area contributed by atoms with Gasteiger partial charge in [0.2, 0.25) is 0 Å². The van der Waals surface area contributed by atoms with E-state index in [0.29, 0.717) is 19.0 Å². The number of ether oxygens (including phenoxy) is 1. The summed E-state index contributed by atoms with van der Waals surface area (Å²) in [6.07, 6.45) is -0.415. The van der Waals surface area contributed by atoms with Crippen LogP contribution in [0, 0.1) is 11.7 Å². The summed E-state index contributed by atoms with van der Waals surface area (Å²) in [5.74, 6) is 0.103. The van der Waals surface area contributed by atoms with Gasteiger partial charge < -0.3 is 15.4 Å². The maximum atomic E-state index is 12.9. The Labute approximate surface area is 132 Å². The number of hydrogen-bond acceptors (Lipinski definition) is 3. The van der Waals surface area contributed by atoms with E-state index in [2.05, 4.69) is 24.5 Å². The maximum Gasteiger partial charge on any atom is 0.407 e. The lowest BCUT2D eigenvalue weighted by atomic mass is 10.0. The number of halogens is 1. The van der Waals surface area contributed by atoms with Crippen LogP contribution in [-0.2, 0) is 11.3 Å². The number of alkyl carbamates (subject to hydrolysis) is 1. The molecule has 124 valence electrons. The monoisotopic (exact) mass is 310 g/mol. The smallest absolute Gasteiger partial charge is 0.407 e. The fourth-order valence-corrected chi connectivity index (χ4v) is 1.90. The molecular weight excluding hydrogens is 283 g/mol. The molecule has 0 aromatic heterocycles. The Balaban J connectivity index is 2.45. The van der Waals surface area contributed by atoms with Crippen molar-refractivity contribution in [3.63, 3.8) is 0 Å². The number of nitrogens with one attached hydrogen (secondary N) is 2. The summed E-state index contributed by atoms with van der Waals surface area (Å²) >= 11 is 0. The molecule has 0 aliphatic heterocycles. The molecule has 0 aliphatic carbocycles. The van der Waals surface area contributed by atoms with Crippen molar-refractivity contribution in [3.8, 4) is 0 Å². The largest absolute Gasteiger partial charge is 0.444 e. The number of rotatable bonds is 6. The number of carbonyl (C=O) groups excluding carboxylic acids is 1. The van der Waals surface area contributed by atoms with Crippen LogP contribution in [0.3, 0.4) is 0 Å². The van der Waals surface area contributed by atoms with E-state index in [1.807, 2.05) is 20.8 Å². The molecule has 2 N–H and O–H groups in total. The molecule has 0 fully saturated rings. The fraction of sp³-hybridized carbons (Fsp3) is 0.588. The minimum absolute atomic E-state index is 0.109. The van der Waals surface area contributed by atoms with Gasteiger partial charge in [0, 0.05) is 19.1 Å². The van der Waals surface area contributed by atoms with Crippen molar-refractivity contribution >= 4 is 6.09 Å². The number of benzene rings is 1. The van der Waals surface area contributed by atoms with Crippen LogP contribution < -0.4 is 10.6 Å². The van der Waals surface area contributed by atoms with Crippen molar-refractivity contribution in [3.05, 3.63) is 35.6 Å². The van der Waals surface area contributed by atoms with Crippen LogP contribution in [0.25, 0.3) is 0 Å². The standard InChI is InChI=1S/C17H27FN2O2/c1-12(2)15(11-20-16(21)22-17(3,4)5)19-10-13-6-8-14(18)9-7-13/h6-9,12,15,19H,10-11H2,1-5H3,(H,20,21). The SMILES string of the molecule is CC(C)C(CNC(=O)OC(C)(C)C)NCc1ccc(F)cc1. The second-order valence-corrected chi connectivity index (χ2v) is 6.74. The summed E-state index contributed by atoms with van der Waals surface area (Å²) < 4.78 is 18.1. The Morgan fingerprint density at radius 2 is 1.82 bits per heavy atom. The van der Waals surface area contributed by atoms with Crippen molar-refractivity contribution in [2.45, 2.75) is 52.8 Å². The fourth-order valence-electron chi connectivity index (χ4n) is 1.90. The van der Waals surface area contributed by atoms with E-state index >= 15 is 0 Å². The highest BCUT2D eigenvalue weighted by molar-refractivity contribution is 5.67. The van der Waals surface area contributed by atoms with Crippen LogP contribution >= 0.6 is 0 Å². The van der Waals surface area contributed by atoms with Gasteiger partial charge in [0.25, 0.3) is 0 Å². The lowest BCUT2D eigenvalue weighted by Gasteiger charge is -2.25. The Morgan fingerprint density at radius 3 is 2.32 bits per heavy atom.